The average Bonchev–Trinajstić information content (AvgIpc) is 2.23. The van der Waals surface area contributed by atoms with Crippen LogP contribution < -0.4 is 5.32 Å². The largest absolute Gasteiger partial charge is 0.507 e. The highest BCUT2D eigenvalue weighted by molar-refractivity contribution is 5.98. The Morgan fingerprint density at radius 3 is 2.32 bits per heavy atom. The van der Waals surface area contributed by atoms with Crippen LogP contribution in [0.15, 0.2) is 18.2 Å². The predicted octanol–water partition coefficient (Wildman–Crippen LogP) is 1.76. The van der Waals surface area contributed by atoms with Gasteiger partial charge in [-0.1, -0.05) is 20.8 Å². The first-order valence-corrected chi connectivity index (χ1v) is 5.65. The van der Waals surface area contributed by atoms with Crippen molar-refractivity contribution >= 4 is 11.9 Å². The molecule has 1 rings (SSSR count). The lowest BCUT2D eigenvalue weighted by atomic mass is 9.86. The van der Waals surface area contributed by atoms with E-state index in [1.807, 2.05) is 0 Å². The first kappa shape index (κ1) is 14.9. The van der Waals surface area contributed by atoms with Gasteiger partial charge in [0.15, 0.2) is 0 Å². The maximum absolute atomic E-state index is 12.8. The summed E-state index contributed by atoms with van der Waals surface area (Å²) >= 11 is 0. The highest BCUT2D eigenvalue weighted by Gasteiger charge is 2.33. The molecular weight excluding hydrogens is 253 g/mol. The molecule has 1 aromatic rings. The van der Waals surface area contributed by atoms with E-state index in [9.17, 15) is 19.1 Å². The summed E-state index contributed by atoms with van der Waals surface area (Å²) in [4.78, 5) is 23.0. The number of phenolic OH excluding ortho intramolecular Hbond substituents is 1. The molecule has 104 valence electrons. The van der Waals surface area contributed by atoms with Crippen LogP contribution in [0, 0.1) is 11.2 Å². The van der Waals surface area contributed by atoms with Crippen molar-refractivity contribution in [3.8, 4) is 5.75 Å². The molecule has 0 spiro atoms. The summed E-state index contributed by atoms with van der Waals surface area (Å²) in [7, 11) is 0. The molecule has 0 aliphatic rings. The van der Waals surface area contributed by atoms with Gasteiger partial charge < -0.3 is 15.5 Å². The molecule has 0 bridgehead atoms. The van der Waals surface area contributed by atoms with Gasteiger partial charge >= 0.3 is 5.97 Å². The quantitative estimate of drug-likeness (QED) is 0.780. The van der Waals surface area contributed by atoms with Crippen LogP contribution in [0.25, 0.3) is 0 Å². The summed E-state index contributed by atoms with van der Waals surface area (Å²) in [5.41, 5.74) is -0.867. The molecule has 0 radical (unpaired) electrons. The van der Waals surface area contributed by atoms with Crippen molar-refractivity contribution in [3.63, 3.8) is 0 Å². The van der Waals surface area contributed by atoms with Crippen molar-refractivity contribution < 1.29 is 24.2 Å². The Hall–Kier alpha value is -2.11. The third kappa shape index (κ3) is 3.67. The third-order valence-electron chi connectivity index (χ3n) is 2.59. The van der Waals surface area contributed by atoms with Crippen molar-refractivity contribution in [1.29, 1.82) is 0 Å². The molecule has 19 heavy (non-hydrogen) atoms. The number of amides is 1. The maximum atomic E-state index is 12.8. The second-order valence-corrected chi connectivity index (χ2v) is 5.27. The van der Waals surface area contributed by atoms with E-state index in [0.29, 0.717) is 0 Å². The van der Waals surface area contributed by atoms with Gasteiger partial charge in [-0.3, -0.25) is 4.79 Å². The number of rotatable bonds is 3. The topological polar surface area (TPSA) is 86.6 Å². The van der Waals surface area contributed by atoms with Crippen molar-refractivity contribution in [2.45, 2.75) is 26.8 Å². The predicted molar refractivity (Wildman–Crippen MR) is 66.4 cm³/mol. The number of carboxylic acid groups (broad SMARTS) is 1. The Bertz CT molecular complexity index is 508. The summed E-state index contributed by atoms with van der Waals surface area (Å²) in [5.74, 6) is -3.16. The molecule has 1 amide bonds. The molecule has 0 saturated heterocycles. The number of hydrogen-bond acceptors (Lipinski definition) is 3. The molecule has 3 N–H and O–H groups in total. The van der Waals surface area contributed by atoms with Crippen LogP contribution >= 0.6 is 0 Å². The van der Waals surface area contributed by atoms with Gasteiger partial charge in [0.25, 0.3) is 5.91 Å². The summed E-state index contributed by atoms with van der Waals surface area (Å²) in [6.07, 6.45) is 0. The second-order valence-electron chi connectivity index (χ2n) is 5.27. The number of carbonyl (C=O) groups excluding carboxylic acids is 1. The number of aromatic hydroxyl groups is 1. The van der Waals surface area contributed by atoms with Crippen LogP contribution in [0.5, 0.6) is 5.75 Å². The van der Waals surface area contributed by atoms with Gasteiger partial charge in [0.05, 0.1) is 5.56 Å². The Balaban J connectivity index is 2.98. The van der Waals surface area contributed by atoms with Gasteiger partial charge in [-0.25, -0.2) is 9.18 Å². The lowest BCUT2D eigenvalue weighted by Gasteiger charge is -2.27. The Kier molecular flexibility index (Phi) is 4.14. The number of phenols is 1. The molecule has 0 saturated carbocycles. The zero-order chi connectivity index (χ0) is 14.8. The normalized spacial score (nSPS) is 12.8. The lowest BCUT2D eigenvalue weighted by Crippen LogP contribution is -2.49. The van der Waals surface area contributed by atoms with Gasteiger partial charge in [0.2, 0.25) is 0 Å². The van der Waals surface area contributed by atoms with Gasteiger partial charge in [0, 0.05) is 6.07 Å². The highest BCUT2D eigenvalue weighted by atomic mass is 19.1. The number of hydrogen-bond donors (Lipinski definition) is 3. The van der Waals surface area contributed by atoms with E-state index in [1.54, 1.807) is 20.8 Å². The van der Waals surface area contributed by atoms with E-state index in [4.69, 9.17) is 5.11 Å². The van der Waals surface area contributed by atoms with Crippen LogP contribution in [0.3, 0.4) is 0 Å². The van der Waals surface area contributed by atoms with Crippen molar-refractivity contribution in [3.05, 3.63) is 29.6 Å². The van der Waals surface area contributed by atoms with E-state index in [-0.39, 0.29) is 5.56 Å². The van der Waals surface area contributed by atoms with Crippen LogP contribution in [-0.2, 0) is 4.79 Å². The van der Waals surface area contributed by atoms with E-state index in [2.05, 4.69) is 5.32 Å². The molecule has 1 atom stereocenters. The highest BCUT2D eigenvalue weighted by Crippen LogP contribution is 2.22. The van der Waals surface area contributed by atoms with Crippen LogP contribution in [0.4, 0.5) is 4.39 Å². The molecule has 1 aromatic carbocycles. The van der Waals surface area contributed by atoms with Crippen molar-refractivity contribution in [2.24, 2.45) is 5.41 Å². The second kappa shape index (κ2) is 5.26. The minimum Gasteiger partial charge on any atom is -0.507 e. The summed E-state index contributed by atoms with van der Waals surface area (Å²) < 4.78 is 12.8. The zero-order valence-electron chi connectivity index (χ0n) is 10.9. The van der Waals surface area contributed by atoms with Crippen LogP contribution in [-0.4, -0.2) is 28.1 Å². The average molecular weight is 269 g/mol. The molecule has 0 aliphatic carbocycles. The van der Waals surface area contributed by atoms with Crippen molar-refractivity contribution in [2.75, 3.05) is 0 Å². The minimum absolute atomic E-state index is 0.170. The number of nitrogens with one attached hydrogen (secondary N) is 1. The van der Waals surface area contributed by atoms with Gasteiger partial charge in [-0.05, 0) is 17.5 Å². The van der Waals surface area contributed by atoms with Gasteiger partial charge in [0.1, 0.15) is 17.6 Å². The first-order chi connectivity index (χ1) is 8.62. The molecular formula is C13H16FNO4. The number of carboxylic acids is 1. The monoisotopic (exact) mass is 269 g/mol. The number of halogens is 1. The smallest absolute Gasteiger partial charge is 0.326 e. The molecule has 0 fully saturated rings. The molecule has 1 unspecified atom stereocenters. The first-order valence-electron chi connectivity index (χ1n) is 5.65. The van der Waals surface area contributed by atoms with Crippen molar-refractivity contribution in [1.82, 2.24) is 5.32 Å². The molecule has 0 heterocycles. The molecule has 0 aliphatic heterocycles. The fraction of sp³-hybridized carbons (Fsp3) is 0.385. The number of carbonyl (C=O) groups is 2. The Morgan fingerprint density at radius 1 is 1.32 bits per heavy atom. The number of benzene rings is 1. The molecule has 0 aromatic heterocycles. The van der Waals surface area contributed by atoms with Gasteiger partial charge in [-0.15, -0.1) is 0 Å². The Labute approximate surface area is 110 Å². The zero-order valence-corrected chi connectivity index (χ0v) is 10.9. The molecule has 6 heteroatoms. The lowest BCUT2D eigenvalue weighted by molar-refractivity contribution is -0.142. The fourth-order valence-corrected chi connectivity index (χ4v) is 1.55. The number of aliphatic carboxylic acids is 1. The van der Waals surface area contributed by atoms with E-state index >= 15 is 0 Å². The molecule has 5 nitrogen and oxygen atoms in total. The fourth-order valence-electron chi connectivity index (χ4n) is 1.55. The minimum atomic E-state index is -1.18. The van der Waals surface area contributed by atoms with Crippen LogP contribution in [0.1, 0.15) is 31.1 Å². The standard InChI is InChI=1S/C13H16FNO4/c1-13(2,3)10(12(18)19)15-11(17)8-5-4-7(14)6-9(8)16/h4-6,10,16H,1-3H3,(H,15,17)(H,18,19). The van der Waals surface area contributed by atoms with Crippen LogP contribution in [0.2, 0.25) is 0 Å². The van der Waals surface area contributed by atoms with E-state index in [1.165, 1.54) is 0 Å². The van der Waals surface area contributed by atoms with E-state index < -0.39 is 34.9 Å². The SMILES string of the molecule is CC(C)(C)C(NC(=O)c1ccc(F)cc1O)C(=O)O. The summed E-state index contributed by atoms with van der Waals surface area (Å²) in [6, 6.07) is 1.79. The summed E-state index contributed by atoms with van der Waals surface area (Å²) in [5, 5.41) is 20.9. The van der Waals surface area contributed by atoms with Gasteiger partial charge in [-0.2, -0.15) is 0 Å². The maximum Gasteiger partial charge on any atom is 0.326 e. The van der Waals surface area contributed by atoms with E-state index in [0.717, 1.165) is 18.2 Å². The third-order valence-corrected chi connectivity index (χ3v) is 2.59. The summed E-state index contributed by atoms with van der Waals surface area (Å²) in [6.45, 7) is 4.99. The Morgan fingerprint density at radius 2 is 1.89 bits per heavy atom.